The molecule has 0 amide bonds. The van der Waals surface area contributed by atoms with Gasteiger partial charge in [-0.25, -0.2) is 14.0 Å². The highest BCUT2D eigenvalue weighted by atomic mass is 16.5. The van der Waals surface area contributed by atoms with Crippen molar-refractivity contribution in [2.75, 3.05) is 13.1 Å². The zero-order valence-corrected chi connectivity index (χ0v) is 16.1. The van der Waals surface area contributed by atoms with Gasteiger partial charge in [0.25, 0.3) is 0 Å². The molecule has 1 atom stereocenters. The summed E-state index contributed by atoms with van der Waals surface area (Å²) < 4.78 is 8.50. The van der Waals surface area contributed by atoms with E-state index in [9.17, 15) is 4.79 Å². The van der Waals surface area contributed by atoms with Crippen molar-refractivity contribution in [3.05, 3.63) is 63.7 Å². The van der Waals surface area contributed by atoms with E-state index in [1.165, 1.54) is 4.68 Å². The van der Waals surface area contributed by atoms with Crippen LogP contribution in [0.1, 0.15) is 41.6 Å². The molecule has 0 N–H and O–H groups in total. The molecule has 3 heterocycles. The van der Waals surface area contributed by atoms with Crippen LogP contribution >= 0.6 is 0 Å². The average molecular weight is 367 g/mol. The molecule has 0 unspecified atom stereocenters. The van der Waals surface area contributed by atoms with Gasteiger partial charge in [-0.1, -0.05) is 23.4 Å². The molecule has 1 aromatic carbocycles. The van der Waals surface area contributed by atoms with Gasteiger partial charge >= 0.3 is 5.69 Å². The second kappa shape index (κ2) is 7.15. The van der Waals surface area contributed by atoms with Gasteiger partial charge in [0, 0.05) is 31.6 Å². The van der Waals surface area contributed by atoms with Crippen molar-refractivity contribution < 1.29 is 4.52 Å². The molecule has 7 nitrogen and oxygen atoms in total. The van der Waals surface area contributed by atoms with Crippen molar-refractivity contribution in [1.82, 2.24) is 24.4 Å². The summed E-state index contributed by atoms with van der Waals surface area (Å²) in [6.45, 7) is 6.66. The van der Waals surface area contributed by atoms with Crippen LogP contribution in [-0.2, 0) is 13.6 Å². The number of piperidine rings is 1. The highest BCUT2D eigenvalue weighted by molar-refractivity contribution is 5.33. The van der Waals surface area contributed by atoms with Gasteiger partial charge in [0.1, 0.15) is 11.6 Å². The monoisotopic (exact) mass is 367 g/mol. The third kappa shape index (κ3) is 3.35. The highest BCUT2D eigenvalue weighted by Gasteiger charge is 2.28. The minimum absolute atomic E-state index is 0.0981. The predicted octanol–water partition coefficient (Wildman–Crippen LogP) is 2.56. The number of nitrogens with zero attached hydrogens (tertiary/aromatic N) is 5. The van der Waals surface area contributed by atoms with Crippen LogP contribution in [0.2, 0.25) is 0 Å². The SMILES string of the molecule is Cc1noc(C)c1CN1CCC[C@H](c2nn(C)c(=O)n2-c2ccccc2)C1. The van der Waals surface area contributed by atoms with Gasteiger partial charge in [0.05, 0.1) is 11.4 Å². The maximum atomic E-state index is 12.7. The molecule has 0 spiro atoms. The number of rotatable bonds is 4. The zero-order chi connectivity index (χ0) is 19.0. The van der Waals surface area contributed by atoms with Gasteiger partial charge in [-0.2, -0.15) is 5.10 Å². The Kier molecular flexibility index (Phi) is 4.70. The topological polar surface area (TPSA) is 69.1 Å². The van der Waals surface area contributed by atoms with Crippen LogP contribution in [0.5, 0.6) is 0 Å². The summed E-state index contributed by atoms with van der Waals surface area (Å²) >= 11 is 0. The number of hydrogen-bond acceptors (Lipinski definition) is 5. The van der Waals surface area contributed by atoms with Gasteiger partial charge in [-0.3, -0.25) is 4.90 Å². The standard InChI is InChI=1S/C20H25N5O2/c1-14-18(15(2)27-22-14)13-24-11-7-8-16(12-24)19-21-23(3)20(26)25(19)17-9-5-4-6-10-17/h4-6,9-10,16H,7-8,11-13H2,1-3H3/t16-/m0/s1. The second-order valence-electron chi connectivity index (χ2n) is 7.31. The molecule has 0 aliphatic carbocycles. The molecule has 1 saturated heterocycles. The van der Waals surface area contributed by atoms with Crippen molar-refractivity contribution in [3.8, 4) is 5.69 Å². The van der Waals surface area contributed by atoms with Crippen molar-refractivity contribution in [3.63, 3.8) is 0 Å². The predicted molar refractivity (Wildman–Crippen MR) is 102 cm³/mol. The quantitative estimate of drug-likeness (QED) is 0.709. The molecule has 0 saturated carbocycles. The highest BCUT2D eigenvalue weighted by Crippen LogP contribution is 2.28. The van der Waals surface area contributed by atoms with E-state index in [0.29, 0.717) is 0 Å². The van der Waals surface area contributed by atoms with Gasteiger partial charge in [0.15, 0.2) is 0 Å². The van der Waals surface area contributed by atoms with E-state index in [1.54, 1.807) is 11.6 Å². The Bertz CT molecular complexity index is 966. The van der Waals surface area contributed by atoms with Crippen molar-refractivity contribution in [1.29, 1.82) is 0 Å². The molecule has 27 heavy (non-hydrogen) atoms. The van der Waals surface area contributed by atoms with Crippen molar-refractivity contribution in [2.45, 2.75) is 39.2 Å². The summed E-state index contributed by atoms with van der Waals surface area (Å²) in [5.41, 5.74) is 2.89. The van der Waals surface area contributed by atoms with Gasteiger partial charge in [-0.15, -0.1) is 0 Å². The third-order valence-corrected chi connectivity index (χ3v) is 5.40. The first-order chi connectivity index (χ1) is 13.0. The Hall–Kier alpha value is -2.67. The number of hydrogen-bond donors (Lipinski definition) is 0. The molecule has 2 aromatic heterocycles. The fraction of sp³-hybridized carbons (Fsp3) is 0.450. The lowest BCUT2D eigenvalue weighted by Gasteiger charge is -2.32. The average Bonchev–Trinajstić information content (AvgIpc) is 3.16. The Morgan fingerprint density at radius 3 is 2.70 bits per heavy atom. The normalized spacial score (nSPS) is 18.1. The van der Waals surface area contributed by atoms with E-state index in [0.717, 1.165) is 61.0 Å². The van der Waals surface area contributed by atoms with E-state index in [-0.39, 0.29) is 11.6 Å². The third-order valence-electron chi connectivity index (χ3n) is 5.40. The van der Waals surface area contributed by atoms with Crippen LogP contribution in [-0.4, -0.2) is 37.5 Å². The fourth-order valence-electron chi connectivity index (χ4n) is 3.93. The first-order valence-corrected chi connectivity index (χ1v) is 9.40. The Balaban J connectivity index is 1.62. The maximum absolute atomic E-state index is 12.7. The number of likely N-dealkylation sites (tertiary alicyclic amines) is 1. The van der Waals surface area contributed by atoms with E-state index in [2.05, 4.69) is 15.2 Å². The smallest absolute Gasteiger partial charge is 0.350 e. The molecule has 0 bridgehead atoms. The number of aromatic nitrogens is 4. The molecule has 1 fully saturated rings. The maximum Gasteiger partial charge on any atom is 0.350 e. The van der Waals surface area contributed by atoms with E-state index >= 15 is 0 Å². The Labute approximate surface area is 158 Å². The lowest BCUT2D eigenvalue weighted by molar-refractivity contribution is 0.194. The molecule has 142 valence electrons. The van der Waals surface area contributed by atoms with Crippen LogP contribution in [0.25, 0.3) is 5.69 Å². The molecular weight excluding hydrogens is 342 g/mol. The van der Waals surface area contributed by atoms with Gasteiger partial charge in [0.2, 0.25) is 0 Å². The summed E-state index contributed by atoms with van der Waals surface area (Å²) in [6, 6.07) is 9.76. The van der Waals surface area contributed by atoms with E-state index < -0.39 is 0 Å². The Morgan fingerprint density at radius 2 is 2.00 bits per heavy atom. The second-order valence-corrected chi connectivity index (χ2v) is 7.31. The molecular formula is C20H25N5O2. The molecule has 4 rings (SSSR count). The molecule has 1 aliphatic heterocycles. The van der Waals surface area contributed by atoms with E-state index in [4.69, 9.17) is 4.52 Å². The first-order valence-electron chi connectivity index (χ1n) is 9.40. The lowest BCUT2D eigenvalue weighted by atomic mass is 9.96. The van der Waals surface area contributed by atoms with Crippen molar-refractivity contribution >= 4 is 0 Å². The summed E-state index contributed by atoms with van der Waals surface area (Å²) in [7, 11) is 1.72. The summed E-state index contributed by atoms with van der Waals surface area (Å²) in [5.74, 6) is 1.94. The minimum Gasteiger partial charge on any atom is -0.361 e. The number of benzene rings is 1. The van der Waals surface area contributed by atoms with E-state index in [1.807, 2.05) is 44.2 Å². The fourth-order valence-corrected chi connectivity index (χ4v) is 3.93. The number of para-hydroxylation sites is 1. The molecule has 3 aromatic rings. The Morgan fingerprint density at radius 1 is 1.22 bits per heavy atom. The van der Waals surface area contributed by atoms with Crippen LogP contribution in [0.3, 0.4) is 0 Å². The summed E-state index contributed by atoms with van der Waals surface area (Å²) in [5, 5.41) is 8.65. The zero-order valence-electron chi connectivity index (χ0n) is 16.1. The largest absolute Gasteiger partial charge is 0.361 e. The van der Waals surface area contributed by atoms with Crippen LogP contribution < -0.4 is 5.69 Å². The van der Waals surface area contributed by atoms with Crippen LogP contribution in [0, 0.1) is 13.8 Å². The molecule has 1 aliphatic rings. The first kappa shape index (κ1) is 17.7. The van der Waals surface area contributed by atoms with Gasteiger partial charge < -0.3 is 4.52 Å². The molecule has 0 radical (unpaired) electrons. The molecule has 7 heteroatoms. The lowest BCUT2D eigenvalue weighted by Crippen LogP contribution is -2.35. The van der Waals surface area contributed by atoms with Crippen LogP contribution in [0.15, 0.2) is 39.6 Å². The summed E-state index contributed by atoms with van der Waals surface area (Å²) in [6.07, 6.45) is 2.11. The number of aryl methyl sites for hydroxylation is 3. The van der Waals surface area contributed by atoms with Gasteiger partial charge in [-0.05, 0) is 45.4 Å². The van der Waals surface area contributed by atoms with Crippen LogP contribution in [0.4, 0.5) is 0 Å². The summed E-state index contributed by atoms with van der Waals surface area (Å²) in [4.78, 5) is 15.1. The minimum atomic E-state index is -0.0981. The van der Waals surface area contributed by atoms with Crippen molar-refractivity contribution in [2.24, 2.45) is 7.05 Å².